The van der Waals surface area contributed by atoms with E-state index in [9.17, 15) is 4.79 Å². The van der Waals surface area contributed by atoms with Crippen molar-refractivity contribution in [2.75, 3.05) is 32.1 Å². The van der Waals surface area contributed by atoms with Crippen LogP contribution in [-0.4, -0.2) is 47.6 Å². The Morgan fingerprint density at radius 2 is 2.33 bits per heavy atom. The van der Waals surface area contributed by atoms with E-state index in [4.69, 9.17) is 16.7 Å². The van der Waals surface area contributed by atoms with Crippen molar-refractivity contribution in [3.63, 3.8) is 0 Å². The fraction of sp³-hybridized carbons (Fsp3) is 0.500. The zero-order valence-electron chi connectivity index (χ0n) is 10.6. The molecule has 1 aromatic rings. The van der Waals surface area contributed by atoms with Crippen molar-refractivity contribution in [1.82, 2.24) is 9.88 Å². The summed E-state index contributed by atoms with van der Waals surface area (Å²) >= 11 is 6.05. The van der Waals surface area contributed by atoms with Crippen LogP contribution < -0.4 is 5.32 Å². The van der Waals surface area contributed by atoms with Crippen molar-refractivity contribution in [2.24, 2.45) is 0 Å². The van der Waals surface area contributed by atoms with E-state index in [1.165, 1.54) is 11.1 Å². The van der Waals surface area contributed by atoms with Crippen LogP contribution in [0.3, 0.4) is 0 Å². The molecule has 1 heterocycles. The van der Waals surface area contributed by atoms with Crippen LogP contribution in [-0.2, 0) is 0 Å². The summed E-state index contributed by atoms with van der Waals surface area (Å²) in [5, 5.41) is 12.3. The lowest BCUT2D eigenvalue weighted by Gasteiger charge is -2.16. The minimum Gasteiger partial charge on any atom is -0.395 e. The molecule has 0 fully saturated rings. The molecule has 0 aromatic carbocycles. The summed E-state index contributed by atoms with van der Waals surface area (Å²) in [6, 6.07) is 1.59. The molecule has 0 aliphatic carbocycles. The molecule has 18 heavy (non-hydrogen) atoms. The second-order valence-corrected chi connectivity index (χ2v) is 4.34. The molecule has 100 valence electrons. The van der Waals surface area contributed by atoms with E-state index in [1.807, 2.05) is 6.92 Å². The predicted molar refractivity (Wildman–Crippen MR) is 72.1 cm³/mol. The number of pyridine rings is 1. The lowest BCUT2D eigenvalue weighted by Crippen LogP contribution is -2.29. The number of hydrogen-bond donors (Lipinski definition) is 2. The predicted octanol–water partition coefficient (Wildman–Crippen LogP) is 1.62. The Morgan fingerprint density at radius 3 is 2.89 bits per heavy atom. The summed E-state index contributed by atoms with van der Waals surface area (Å²) in [5.41, 5.74) is 0.415. The molecule has 0 bridgehead atoms. The van der Waals surface area contributed by atoms with Crippen LogP contribution in [0.4, 0.5) is 5.82 Å². The van der Waals surface area contributed by atoms with E-state index in [2.05, 4.69) is 10.3 Å². The molecule has 0 saturated heterocycles. The second kappa shape index (κ2) is 7.18. The van der Waals surface area contributed by atoms with Gasteiger partial charge in [-0.25, -0.2) is 4.98 Å². The third kappa shape index (κ3) is 3.85. The maximum atomic E-state index is 11.9. The van der Waals surface area contributed by atoms with Gasteiger partial charge in [0.25, 0.3) is 5.91 Å². The van der Waals surface area contributed by atoms with E-state index < -0.39 is 0 Å². The van der Waals surface area contributed by atoms with Crippen LogP contribution in [0.2, 0.25) is 5.02 Å². The zero-order valence-corrected chi connectivity index (χ0v) is 11.4. The smallest absolute Gasteiger partial charge is 0.255 e. The highest BCUT2D eigenvalue weighted by Gasteiger charge is 2.13. The Hall–Kier alpha value is -1.33. The van der Waals surface area contributed by atoms with E-state index in [1.54, 1.807) is 13.1 Å². The second-order valence-electron chi connectivity index (χ2n) is 3.93. The first-order chi connectivity index (χ1) is 8.60. The molecule has 1 amide bonds. The molecule has 0 aliphatic rings. The summed E-state index contributed by atoms with van der Waals surface area (Å²) in [5.74, 6) is 0.375. The molecule has 0 radical (unpaired) electrons. The van der Waals surface area contributed by atoms with Gasteiger partial charge in [0.1, 0.15) is 5.82 Å². The third-order valence-electron chi connectivity index (χ3n) is 2.41. The summed E-state index contributed by atoms with van der Waals surface area (Å²) < 4.78 is 0. The highest BCUT2D eigenvalue weighted by atomic mass is 35.5. The fourth-order valence-electron chi connectivity index (χ4n) is 1.40. The largest absolute Gasteiger partial charge is 0.395 e. The first-order valence-corrected chi connectivity index (χ1v) is 6.23. The average Bonchev–Trinajstić information content (AvgIpc) is 2.36. The number of aliphatic hydroxyl groups excluding tert-OH is 1. The van der Waals surface area contributed by atoms with Crippen LogP contribution in [0, 0.1) is 0 Å². The normalized spacial score (nSPS) is 10.2. The molecule has 0 spiro atoms. The Labute approximate surface area is 112 Å². The van der Waals surface area contributed by atoms with Gasteiger partial charge in [0.15, 0.2) is 0 Å². The molecule has 1 rings (SSSR count). The number of likely N-dealkylation sites (N-methyl/N-ethyl adjacent to an activating group) is 1. The number of halogens is 1. The van der Waals surface area contributed by atoms with Gasteiger partial charge in [-0.2, -0.15) is 0 Å². The number of aliphatic hydroxyl groups is 1. The molecular formula is C12H18ClN3O2. The van der Waals surface area contributed by atoms with Gasteiger partial charge in [0, 0.05) is 26.3 Å². The molecule has 1 aromatic heterocycles. The number of nitrogens with zero attached hydrogens (tertiary/aromatic N) is 2. The van der Waals surface area contributed by atoms with Gasteiger partial charge in [-0.1, -0.05) is 18.5 Å². The first kappa shape index (κ1) is 14.7. The summed E-state index contributed by atoms with van der Waals surface area (Å²) in [6.07, 6.45) is 2.46. The van der Waals surface area contributed by atoms with Gasteiger partial charge < -0.3 is 15.3 Å². The zero-order chi connectivity index (χ0) is 13.5. The van der Waals surface area contributed by atoms with Gasteiger partial charge >= 0.3 is 0 Å². The highest BCUT2D eigenvalue weighted by molar-refractivity contribution is 6.33. The Morgan fingerprint density at radius 1 is 1.61 bits per heavy atom. The number of carbonyl (C=O) groups is 1. The van der Waals surface area contributed by atoms with Crippen LogP contribution in [0.25, 0.3) is 0 Å². The molecule has 0 atom stereocenters. The summed E-state index contributed by atoms with van der Waals surface area (Å²) in [7, 11) is 1.62. The third-order valence-corrected chi connectivity index (χ3v) is 2.70. The summed E-state index contributed by atoms with van der Waals surface area (Å²) in [4.78, 5) is 17.5. The quantitative estimate of drug-likeness (QED) is 0.825. The molecule has 0 unspecified atom stereocenters. The van der Waals surface area contributed by atoms with Crippen molar-refractivity contribution in [3.05, 3.63) is 22.8 Å². The average molecular weight is 272 g/mol. The SMILES string of the molecule is CCCNc1ncc(C(=O)N(C)CCO)cc1Cl. The first-order valence-electron chi connectivity index (χ1n) is 5.85. The van der Waals surface area contributed by atoms with Crippen molar-refractivity contribution in [1.29, 1.82) is 0 Å². The topological polar surface area (TPSA) is 65.5 Å². The van der Waals surface area contributed by atoms with Crippen molar-refractivity contribution < 1.29 is 9.90 Å². The Balaban J connectivity index is 2.80. The van der Waals surface area contributed by atoms with E-state index in [0.717, 1.165) is 13.0 Å². The molecule has 0 aliphatic heterocycles. The highest BCUT2D eigenvalue weighted by Crippen LogP contribution is 2.20. The fourth-order valence-corrected chi connectivity index (χ4v) is 1.63. The van der Waals surface area contributed by atoms with Crippen LogP contribution in [0.15, 0.2) is 12.3 Å². The van der Waals surface area contributed by atoms with Crippen molar-refractivity contribution in [3.8, 4) is 0 Å². The standard InChI is InChI=1S/C12H18ClN3O2/c1-3-4-14-11-10(13)7-9(8-15-11)12(18)16(2)5-6-17/h7-8,17H,3-6H2,1-2H3,(H,14,15). The maximum absolute atomic E-state index is 11.9. The number of amides is 1. The van der Waals surface area contributed by atoms with Gasteiger partial charge in [-0.3, -0.25) is 4.79 Å². The van der Waals surface area contributed by atoms with Gasteiger partial charge in [-0.05, 0) is 12.5 Å². The minimum atomic E-state index is -0.208. The van der Waals surface area contributed by atoms with Crippen molar-refractivity contribution >= 4 is 23.3 Å². The number of carbonyl (C=O) groups excluding carboxylic acids is 1. The van der Waals surface area contributed by atoms with Gasteiger partial charge in [0.05, 0.1) is 17.2 Å². The molecule has 2 N–H and O–H groups in total. The van der Waals surface area contributed by atoms with E-state index in [-0.39, 0.29) is 19.1 Å². The van der Waals surface area contributed by atoms with Crippen LogP contribution in [0.5, 0.6) is 0 Å². The number of nitrogens with one attached hydrogen (secondary N) is 1. The van der Waals surface area contributed by atoms with Gasteiger partial charge in [0.2, 0.25) is 0 Å². The number of hydrogen-bond acceptors (Lipinski definition) is 4. The van der Waals surface area contributed by atoms with E-state index in [0.29, 0.717) is 16.4 Å². The van der Waals surface area contributed by atoms with Crippen LogP contribution in [0.1, 0.15) is 23.7 Å². The minimum absolute atomic E-state index is 0.0699. The lowest BCUT2D eigenvalue weighted by atomic mass is 10.2. The maximum Gasteiger partial charge on any atom is 0.255 e. The molecular weight excluding hydrogens is 254 g/mol. The summed E-state index contributed by atoms with van der Waals surface area (Å²) in [6.45, 7) is 3.04. The number of aromatic nitrogens is 1. The Kier molecular flexibility index (Phi) is 5.88. The van der Waals surface area contributed by atoms with Gasteiger partial charge in [-0.15, -0.1) is 0 Å². The number of anilines is 1. The molecule has 5 nitrogen and oxygen atoms in total. The Bertz CT molecular complexity index is 412. The van der Waals surface area contributed by atoms with Crippen molar-refractivity contribution in [2.45, 2.75) is 13.3 Å². The molecule has 0 saturated carbocycles. The lowest BCUT2D eigenvalue weighted by molar-refractivity contribution is 0.0766. The van der Waals surface area contributed by atoms with E-state index >= 15 is 0 Å². The van der Waals surface area contributed by atoms with Crippen LogP contribution >= 0.6 is 11.6 Å². The monoisotopic (exact) mass is 271 g/mol. The molecule has 6 heteroatoms. The number of rotatable bonds is 6.